The van der Waals surface area contributed by atoms with Gasteiger partial charge >= 0.3 is 0 Å². The van der Waals surface area contributed by atoms with Crippen molar-refractivity contribution in [2.24, 2.45) is 0 Å². The van der Waals surface area contributed by atoms with Gasteiger partial charge in [-0.15, -0.1) is 0 Å². The first kappa shape index (κ1) is 14.9. The van der Waals surface area contributed by atoms with Crippen LogP contribution in [-0.4, -0.2) is 49.3 Å². The summed E-state index contributed by atoms with van der Waals surface area (Å²) in [5.41, 5.74) is 0.241. The first-order chi connectivity index (χ1) is 8.08. The van der Waals surface area contributed by atoms with Crippen LogP contribution in [0.3, 0.4) is 0 Å². The lowest BCUT2D eigenvalue weighted by molar-refractivity contribution is -0.0397. The Morgan fingerprint density at radius 1 is 1.47 bits per heavy atom. The van der Waals surface area contributed by atoms with Gasteiger partial charge in [0.05, 0.1) is 6.10 Å². The molecule has 0 radical (unpaired) electrons. The standard InChI is InChI=1S/C14H30N2O/c1-6-14(4,12(3)15-5)16-10-8-9-13(11-16)17-7-2/h12-13,15H,6-11H2,1-5H3. The molecule has 0 spiro atoms. The molecule has 1 rings (SSSR count). The van der Waals surface area contributed by atoms with E-state index in [1.807, 2.05) is 0 Å². The summed E-state index contributed by atoms with van der Waals surface area (Å²) in [5, 5.41) is 3.42. The molecule has 1 aliphatic heterocycles. The van der Waals surface area contributed by atoms with E-state index in [1.165, 1.54) is 25.8 Å². The van der Waals surface area contributed by atoms with E-state index in [4.69, 9.17) is 4.74 Å². The Morgan fingerprint density at radius 2 is 2.18 bits per heavy atom. The average Bonchev–Trinajstić information content (AvgIpc) is 2.37. The third-order valence-electron chi connectivity index (χ3n) is 4.58. The number of nitrogens with one attached hydrogen (secondary N) is 1. The number of likely N-dealkylation sites (N-methyl/N-ethyl adjacent to an activating group) is 1. The van der Waals surface area contributed by atoms with E-state index in [0.29, 0.717) is 12.1 Å². The fraction of sp³-hybridized carbons (Fsp3) is 1.00. The number of piperidine rings is 1. The topological polar surface area (TPSA) is 24.5 Å². The van der Waals surface area contributed by atoms with Gasteiger partial charge in [-0.3, -0.25) is 4.90 Å². The summed E-state index contributed by atoms with van der Waals surface area (Å²) in [5.74, 6) is 0. The van der Waals surface area contributed by atoms with Crippen LogP contribution in [0.25, 0.3) is 0 Å². The van der Waals surface area contributed by atoms with Crippen LogP contribution < -0.4 is 5.32 Å². The quantitative estimate of drug-likeness (QED) is 0.773. The minimum Gasteiger partial charge on any atom is -0.377 e. The maximum absolute atomic E-state index is 5.80. The lowest BCUT2D eigenvalue weighted by Gasteiger charge is -2.48. The van der Waals surface area contributed by atoms with E-state index in [0.717, 1.165) is 13.2 Å². The normalized spacial score (nSPS) is 27.7. The summed E-state index contributed by atoms with van der Waals surface area (Å²) >= 11 is 0. The summed E-state index contributed by atoms with van der Waals surface area (Å²) in [6.45, 7) is 12.2. The molecule has 1 heterocycles. The molecule has 0 aromatic rings. The SMILES string of the molecule is CCOC1CCCN(C(C)(CC)C(C)NC)C1. The number of hydrogen-bond donors (Lipinski definition) is 1. The fourth-order valence-corrected chi connectivity index (χ4v) is 2.89. The van der Waals surface area contributed by atoms with E-state index in [1.54, 1.807) is 0 Å². The van der Waals surface area contributed by atoms with Crippen LogP contribution in [0.5, 0.6) is 0 Å². The monoisotopic (exact) mass is 242 g/mol. The van der Waals surface area contributed by atoms with Crippen LogP contribution >= 0.6 is 0 Å². The molecule has 3 heteroatoms. The highest BCUT2D eigenvalue weighted by Crippen LogP contribution is 2.28. The van der Waals surface area contributed by atoms with Gasteiger partial charge in [-0.05, 0) is 53.6 Å². The number of rotatable bonds is 6. The largest absolute Gasteiger partial charge is 0.377 e. The maximum atomic E-state index is 5.80. The predicted octanol–water partition coefficient (Wildman–Crippen LogP) is 2.26. The minimum atomic E-state index is 0.241. The average molecular weight is 242 g/mol. The molecule has 1 N–H and O–H groups in total. The second kappa shape index (κ2) is 6.72. The highest BCUT2D eigenvalue weighted by Gasteiger charge is 2.37. The van der Waals surface area contributed by atoms with Crippen molar-refractivity contribution in [2.75, 3.05) is 26.7 Å². The highest BCUT2D eigenvalue weighted by molar-refractivity contribution is 4.95. The Kier molecular flexibility index (Phi) is 5.90. The van der Waals surface area contributed by atoms with E-state index in [9.17, 15) is 0 Å². The third kappa shape index (κ3) is 3.43. The highest BCUT2D eigenvalue weighted by atomic mass is 16.5. The predicted molar refractivity (Wildman–Crippen MR) is 73.4 cm³/mol. The minimum absolute atomic E-state index is 0.241. The molecule has 1 fully saturated rings. The molecule has 1 aliphatic rings. The van der Waals surface area contributed by atoms with Crippen molar-refractivity contribution in [1.29, 1.82) is 0 Å². The van der Waals surface area contributed by atoms with Crippen LogP contribution in [0.1, 0.15) is 47.0 Å². The summed E-state index contributed by atoms with van der Waals surface area (Å²) in [4.78, 5) is 2.62. The molecule has 3 nitrogen and oxygen atoms in total. The van der Waals surface area contributed by atoms with Gasteiger partial charge in [-0.1, -0.05) is 6.92 Å². The molecular weight excluding hydrogens is 212 g/mol. The van der Waals surface area contributed by atoms with E-state index >= 15 is 0 Å². The lowest BCUT2D eigenvalue weighted by atomic mass is 9.86. The molecule has 3 atom stereocenters. The molecule has 102 valence electrons. The second-order valence-electron chi connectivity index (χ2n) is 5.39. The van der Waals surface area contributed by atoms with E-state index in [2.05, 4.69) is 45.0 Å². The second-order valence-corrected chi connectivity index (χ2v) is 5.39. The zero-order valence-electron chi connectivity index (χ0n) is 12.3. The molecule has 1 saturated heterocycles. The first-order valence-electron chi connectivity index (χ1n) is 7.12. The molecule has 0 saturated carbocycles. The molecule has 17 heavy (non-hydrogen) atoms. The lowest BCUT2D eigenvalue weighted by Crippen LogP contribution is -2.60. The summed E-state index contributed by atoms with van der Waals surface area (Å²) in [6.07, 6.45) is 4.09. The van der Waals surface area contributed by atoms with Crippen LogP contribution in [0.2, 0.25) is 0 Å². The number of hydrogen-bond acceptors (Lipinski definition) is 3. The summed E-state index contributed by atoms with van der Waals surface area (Å²) < 4.78 is 5.80. The molecule has 3 unspecified atom stereocenters. The molecule has 0 aliphatic carbocycles. The van der Waals surface area contributed by atoms with Gasteiger partial charge < -0.3 is 10.1 Å². The summed E-state index contributed by atoms with van der Waals surface area (Å²) in [7, 11) is 2.06. The first-order valence-corrected chi connectivity index (χ1v) is 7.12. The zero-order valence-corrected chi connectivity index (χ0v) is 12.3. The van der Waals surface area contributed by atoms with E-state index in [-0.39, 0.29) is 5.54 Å². The van der Waals surface area contributed by atoms with Gasteiger partial charge in [-0.2, -0.15) is 0 Å². The van der Waals surface area contributed by atoms with E-state index < -0.39 is 0 Å². The maximum Gasteiger partial charge on any atom is 0.0702 e. The Hall–Kier alpha value is -0.120. The molecule has 0 amide bonds. The zero-order chi connectivity index (χ0) is 12.9. The number of ether oxygens (including phenoxy) is 1. The van der Waals surface area contributed by atoms with Gasteiger partial charge in [-0.25, -0.2) is 0 Å². The van der Waals surface area contributed by atoms with Crippen molar-refractivity contribution < 1.29 is 4.74 Å². The van der Waals surface area contributed by atoms with Crippen molar-refractivity contribution in [1.82, 2.24) is 10.2 Å². The number of likely N-dealkylation sites (tertiary alicyclic amines) is 1. The Balaban J connectivity index is 2.68. The van der Waals surface area contributed by atoms with Crippen LogP contribution in [0, 0.1) is 0 Å². The Labute approximate surface area is 107 Å². The van der Waals surface area contributed by atoms with Crippen molar-refractivity contribution in [3.63, 3.8) is 0 Å². The van der Waals surface area contributed by atoms with Crippen molar-refractivity contribution in [3.8, 4) is 0 Å². The van der Waals surface area contributed by atoms with Crippen LogP contribution in [0.4, 0.5) is 0 Å². The van der Waals surface area contributed by atoms with Gasteiger partial charge in [0, 0.05) is 24.7 Å². The van der Waals surface area contributed by atoms with Crippen molar-refractivity contribution in [3.05, 3.63) is 0 Å². The number of nitrogens with zero attached hydrogens (tertiary/aromatic N) is 1. The molecular formula is C14H30N2O. The van der Waals surface area contributed by atoms with Gasteiger partial charge in [0.15, 0.2) is 0 Å². The summed E-state index contributed by atoms with van der Waals surface area (Å²) in [6, 6.07) is 0.507. The van der Waals surface area contributed by atoms with Gasteiger partial charge in [0.1, 0.15) is 0 Å². The third-order valence-corrected chi connectivity index (χ3v) is 4.58. The Bertz CT molecular complexity index is 220. The van der Waals surface area contributed by atoms with Crippen LogP contribution in [-0.2, 0) is 4.74 Å². The van der Waals surface area contributed by atoms with Crippen molar-refractivity contribution in [2.45, 2.75) is 64.6 Å². The fourth-order valence-electron chi connectivity index (χ4n) is 2.89. The smallest absolute Gasteiger partial charge is 0.0702 e. The van der Waals surface area contributed by atoms with Crippen molar-refractivity contribution >= 4 is 0 Å². The Morgan fingerprint density at radius 3 is 2.71 bits per heavy atom. The molecule has 0 aromatic carbocycles. The molecule has 0 aromatic heterocycles. The van der Waals surface area contributed by atoms with Gasteiger partial charge in [0.25, 0.3) is 0 Å². The van der Waals surface area contributed by atoms with Gasteiger partial charge in [0.2, 0.25) is 0 Å². The molecule has 0 bridgehead atoms. The van der Waals surface area contributed by atoms with Crippen LogP contribution in [0.15, 0.2) is 0 Å².